The quantitative estimate of drug-likeness (QED) is 0.382. The fourth-order valence-electron chi connectivity index (χ4n) is 3.64. The lowest BCUT2D eigenvalue weighted by Crippen LogP contribution is -2.32. The van der Waals surface area contributed by atoms with E-state index in [4.69, 9.17) is 4.74 Å². The van der Waals surface area contributed by atoms with E-state index < -0.39 is 22.8 Å². The second-order valence-corrected chi connectivity index (χ2v) is 7.78. The Hall–Kier alpha value is -3.75. The third kappa shape index (κ3) is 5.48. The summed E-state index contributed by atoms with van der Waals surface area (Å²) in [4.78, 5) is 50.0. The average Bonchev–Trinajstić information content (AvgIpc) is 3.18. The van der Waals surface area contributed by atoms with Gasteiger partial charge in [-0.05, 0) is 38.5 Å². The molecule has 1 N–H and O–H groups in total. The zero-order valence-corrected chi connectivity index (χ0v) is 17.9. The van der Waals surface area contributed by atoms with Gasteiger partial charge in [-0.15, -0.1) is 0 Å². The van der Waals surface area contributed by atoms with Gasteiger partial charge in [0.1, 0.15) is 0 Å². The van der Waals surface area contributed by atoms with Crippen molar-refractivity contribution in [2.75, 3.05) is 11.4 Å². The number of para-hydroxylation sites is 1. The average molecular weight is 439 g/mol. The second-order valence-electron chi connectivity index (χ2n) is 7.78. The van der Waals surface area contributed by atoms with Crippen molar-refractivity contribution in [1.29, 1.82) is 0 Å². The molecule has 168 valence electrons. The summed E-state index contributed by atoms with van der Waals surface area (Å²) in [5.41, 5.74) is 0.897. The fourth-order valence-corrected chi connectivity index (χ4v) is 3.64. The van der Waals surface area contributed by atoms with Crippen molar-refractivity contribution in [3.8, 4) is 0 Å². The Morgan fingerprint density at radius 1 is 1.19 bits per heavy atom. The predicted octanol–water partition coefficient (Wildman–Crippen LogP) is 3.53. The Labute approximate surface area is 185 Å². The first-order valence-electron chi connectivity index (χ1n) is 10.4. The van der Waals surface area contributed by atoms with E-state index in [0.29, 0.717) is 18.7 Å². The molecule has 1 aliphatic heterocycles. The van der Waals surface area contributed by atoms with Crippen LogP contribution < -0.4 is 10.2 Å². The Morgan fingerprint density at radius 3 is 2.59 bits per heavy atom. The number of benzene rings is 2. The molecule has 2 aromatic rings. The van der Waals surface area contributed by atoms with Crippen LogP contribution in [0.2, 0.25) is 0 Å². The molecular formula is C23H25N3O6. The molecule has 1 atom stereocenters. The zero-order valence-electron chi connectivity index (χ0n) is 17.9. The van der Waals surface area contributed by atoms with Crippen molar-refractivity contribution in [3.05, 3.63) is 69.8 Å². The Bertz CT molecular complexity index is 1040. The fraction of sp³-hybridized carbons (Fsp3) is 0.348. The van der Waals surface area contributed by atoms with Crippen molar-refractivity contribution >= 4 is 29.2 Å². The minimum absolute atomic E-state index is 0.00299. The summed E-state index contributed by atoms with van der Waals surface area (Å²) in [5, 5.41) is 14.2. The van der Waals surface area contributed by atoms with Gasteiger partial charge in [-0.2, -0.15) is 0 Å². The number of nitro benzene ring substituents is 1. The number of anilines is 1. The number of hydrogen-bond acceptors (Lipinski definition) is 6. The van der Waals surface area contributed by atoms with E-state index in [2.05, 4.69) is 5.32 Å². The number of nitrogens with one attached hydrogen (secondary N) is 1. The lowest BCUT2D eigenvalue weighted by molar-refractivity contribution is -0.385. The molecule has 2 aromatic carbocycles. The van der Waals surface area contributed by atoms with Crippen LogP contribution in [-0.4, -0.2) is 35.4 Å². The van der Waals surface area contributed by atoms with Gasteiger partial charge in [-0.1, -0.05) is 24.3 Å². The highest BCUT2D eigenvalue weighted by Crippen LogP contribution is 2.28. The van der Waals surface area contributed by atoms with E-state index in [1.807, 2.05) is 0 Å². The van der Waals surface area contributed by atoms with Crippen molar-refractivity contribution < 1.29 is 24.0 Å². The van der Waals surface area contributed by atoms with Crippen LogP contribution in [-0.2, 0) is 14.3 Å². The van der Waals surface area contributed by atoms with Crippen LogP contribution in [0, 0.1) is 10.1 Å². The van der Waals surface area contributed by atoms with Crippen LogP contribution >= 0.6 is 0 Å². The minimum atomic E-state index is -0.965. The number of carbonyl (C=O) groups excluding carboxylic acids is 3. The summed E-state index contributed by atoms with van der Waals surface area (Å²) >= 11 is 0. The maximum absolute atomic E-state index is 13.0. The molecule has 0 saturated carbocycles. The number of rotatable bonds is 8. The smallest absolute Gasteiger partial charge is 0.308 e. The van der Waals surface area contributed by atoms with Crippen LogP contribution in [0.25, 0.3) is 0 Å². The molecule has 2 amide bonds. The summed E-state index contributed by atoms with van der Waals surface area (Å²) in [7, 11) is 0. The maximum Gasteiger partial charge on any atom is 0.308 e. The van der Waals surface area contributed by atoms with Crippen molar-refractivity contribution in [2.45, 2.75) is 45.3 Å². The topological polar surface area (TPSA) is 119 Å². The molecule has 0 aliphatic carbocycles. The van der Waals surface area contributed by atoms with Crippen LogP contribution in [0.5, 0.6) is 0 Å². The van der Waals surface area contributed by atoms with Gasteiger partial charge in [0.15, 0.2) is 0 Å². The van der Waals surface area contributed by atoms with Gasteiger partial charge in [0.2, 0.25) is 5.91 Å². The number of amides is 2. The molecule has 1 aliphatic rings. The molecule has 0 unspecified atom stereocenters. The van der Waals surface area contributed by atoms with Gasteiger partial charge in [0.05, 0.1) is 29.1 Å². The first-order chi connectivity index (χ1) is 15.3. The van der Waals surface area contributed by atoms with Crippen molar-refractivity contribution in [3.63, 3.8) is 0 Å². The summed E-state index contributed by atoms with van der Waals surface area (Å²) in [6.07, 6.45) is 0.597. The summed E-state index contributed by atoms with van der Waals surface area (Å²) in [5.74, 6) is -1.10. The van der Waals surface area contributed by atoms with Crippen LogP contribution in [0.4, 0.5) is 11.4 Å². The van der Waals surface area contributed by atoms with Crippen LogP contribution in [0.1, 0.15) is 55.1 Å². The molecule has 3 rings (SSSR count). The molecule has 0 spiro atoms. The molecule has 9 heteroatoms. The summed E-state index contributed by atoms with van der Waals surface area (Å²) in [6.45, 7) is 3.98. The summed E-state index contributed by atoms with van der Waals surface area (Å²) in [6, 6.07) is 11.6. The van der Waals surface area contributed by atoms with Crippen LogP contribution in [0.3, 0.4) is 0 Å². The highest BCUT2D eigenvalue weighted by atomic mass is 16.6. The first kappa shape index (κ1) is 22.9. The van der Waals surface area contributed by atoms with Crippen molar-refractivity contribution in [2.24, 2.45) is 0 Å². The van der Waals surface area contributed by atoms with E-state index in [-0.39, 0.29) is 35.2 Å². The number of nitrogens with zero attached hydrogens (tertiary/aromatic N) is 2. The van der Waals surface area contributed by atoms with Gasteiger partial charge in [-0.25, -0.2) is 0 Å². The van der Waals surface area contributed by atoms with E-state index >= 15 is 0 Å². The molecule has 32 heavy (non-hydrogen) atoms. The molecule has 1 heterocycles. The third-order valence-electron chi connectivity index (χ3n) is 5.05. The number of ether oxygens (including phenoxy) is 1. The second kappa shape index (κ2) is 10.0. The normalized spacial score (nSPS) is 14.3. The molecule has 1 saturated heterocycles. The number of carbonyl (C=O) groups is 3. The number of nitro groups is 1. The highest BCUT2D eigenvalue weighted by molar-refractivity contribution is 5.99. The molecule has 1 fully saturated rings. The van der Waals surface area contributed by atoms with Gasteiger partial charge in [-0.3, -0.25) is 24.5 Å². The molecular weight excluding hydrogens is 414 g/mol. The van der Waals surface area contributed by atoms with Gasteiger partial charge >= 0.3 is 5.97 Å². The Balaban J connectivity index is 1.88. The summed E-state index contributed by atoms with van der Waals surface area (Å²) < 4.78 is 5.18. The molecule has 0 aromatic heterocycles. The SMILES string of the molecule is CC(C)OC(=O)C[C@H](NC(=O)c1cccc(N2CCCC2=O)c1)c1ccccc1[N+](=O)[O-]. The maximum atomic E-state index is 13.0. The number of hydrogen-bond donors (Lipinski definition) is 1. The Morgan fingerprint density at radius 2 is 1.94 bits per heavy atom. The van der Waals surface area contributed by atoms with Gasteiger partial charge in [0.25, 0.3) is 11.6 Å². The zero-order chi connectivity index (χ0) is 23.3. The van der Waals surface area contributed by atoms with Crippen LogP contribution in [0.15, 0.2) is 48.5 Å². The Kier molecular flexibility index (Phi) is 7.19. The minimum Gasteiger partial charge on any atom is -0.463 e. The van der Waals surface area contributed by atoms with Gasteiger partial charge in [0, 0.05) is 30.3 Å². The van der Waals surface area contributed by atoms with E-state index in [9.17, 15) is 24.5 Å². The molecule has 0 radical (unpaired) electrons. The predicted molar refractivity (Wildman–Crippen MR) is 117 cm³/mol. The van der Waals surface area contributed by atoms with E-state index in [1.54, 1.807) is 49.1 Å². The van der Waals surface area contributed by atoms with Gasteiger partial charge < -0.3 is 15.0 Å². The monoisotopic (exact) mass is 439 g/mol. The van der Waals surface area contributed by atoms with E-state index in [0.717, 1.165) is 6.42 Å². The third-order valence-corrected chi connectivity index (χ3v) is 5.05. The molecule has 9 nitrogen and oxygen atoms in total. The largest absolute Gasteiger partial charge is 0.463 e. The highest BCUT2D eigenvalue weighted by Gasteiger charge is 2.28. The standard InChI is InChI=1S/C23H25N3O6/c1-15(2)32-22(28)14-19(18-9-3-4-10-20(18)26(30)31)24-23(29)16-7-5-8-17(13-16)25-12-6-11-21(25)27/h3-5,7-10,13,15,19H,6,11-12,14H2,1-2H3,(H,24,29)/t19-/m0/s1. The van der Waals surface area contributed by atoms with E-state index in [1.165, 1.54) is 18.2 Å². The number of esters is 1. The van der Waals surface area contributed by atoms with Crippen molar-refractivity contribution in [1.82, 2.24) is 5.32 Å². The lowest BCUT2D eigenvalue weighted by atomic mass is 10.0. The molecule has 0 bridgehead atoms. The first-order valence-corrected chi connectivity index (χ1v) is 10.4. The lowest BCUT2D eigenvalue weighted by Gasteiger charge is -2.20.